The third-order valence-corrected chi connectivity index (χ3v) is 5.13. The number of carbonyl (C=O) groups is 2. The molecule has 134 valence electrons. The van der Waals surface area contributed by atoms with Crippen LogP contribution in [0.5, 0.6) is 0 Å². The molecule has 1 saturated carbocycles. The van der Waals surface area contributed by atoms with E-state index < -0.39 is 6.04 Å². The molecule has 1 heterocycles. The quantitative estimate of drug-likeness (QED) is 0.750. The zero-order valence-corrected chi connectivity index (χ0v) is 14.5. The molecular weight excluding hydrogens is 331 g/mol. The van der Waals surface area contributed by atoms with Crippen molar-refractivity contribution in [2.45, 2.75) is 44.4 Å². The largest absolute Gasteiger partial charge is 0.284 e. The van der Waals surface area contributed by atoms with Crippen LogP contribution in [-0.2, 0) is 22.7 Å². The summed E-state index contributed by atoms with van der Waals surface area (Å²) in [7, 11) is 0. The fourth-order valence-electron chi connectivity index (χ4n) is 3.58. The van der Waals surface area contributed by atoms with Crippen LogP contribution in [0, 0.1) is 5.82 Å². The second kappa shape index (κ2) is 7.00. The van der Waals surface area contributed by atoms with Crippen LogP contribution in [0.15, 0.2) is 54.6 Å². The van der Waals surface area contributed by atoms with Crippen molar-refractivity contribution in [2.75, 3.05) is 0 Å². The van der Waals surface area contributed by atoms with Crippen molar-refractivity contribution in [3.8, 4) is 0 Å². The van der Waals surface area contributed by atoms with Gasteiger partial charge in [-0.3, -0.25) is 19.4 Å². The van der Waals surface area contributed by atoms with Crippen LogP contribution in [0.25, 0.3) is 0 Å². The lowest BCUT2D eigenvalue weighted by Crippen LogP contribution is -2.42. The number of rotatable bonds is 6. The number of hydrogen-bond acceptors (Lipinski definition) is 3. The number of imide groups is 1. The zero-order chi connectivity index (χ0) is 18.1. The molecule has 2 amide bonds. The van der Waals surface area contributed by atoms with Gasteiger partial charge in [-0.1, -0.05) is 48.5 Å². The number of likely N-dealkylation sites (tertiary alicyclic amines) is 1. The Morgan fingerprint density at radius 2 is 1.69 bits per heavy atom. The second-order valence-electron chi connectivity index (χ2n) is 7.02. The molecule has 1 atom stereocenters. The molecule has 1 unspecified atom stereocenters. The minimum Gasteiger partial charge on any atom is -0.284 e. The van der Waals surface area contributed by atoms with Crippen molar-refractivity contribution in [3.05, 3.63) is 71.5 Å². The van der Waals surface area contributed by atoms with Gasteiger partial charge in [0.15, 0.2) is 0 Å². The van der Waals surface area contributed by atoms with E-state index >= 15 is 0 Å². The van der Waals surface area contributed by atoms with Gasteiger partial charge in [-0.2, -0.15) is 0 Å². The fraction of sp³-hybridized carbons (Fsp3) is 0.333. The Labute approximate surface area is 152 Å². The van der Waals surface area contributed by atoms with Crippen molar-refractivity contribution >= 4 is 11.8 Å². The van der Waals surface area contributed by atoms with E-state index in [-0.39, 0.29) is 30.1 Å². The molecule has 0 radical (unpaired) electrons. The molecule has 0 N–H and O–H groups in total. The highest BCUT2D eigenvalue weighted by Crippen LogP contribution is 2.34. The van der Waals surface area contributed by atoms with E-state index in [0.29, 0.717) is 18.7 Å². The zero-order valence-electron chi connectivity index (χ0n) is 14.5. The SMILES string of the molecule is O=C1CC(N(Cc2ccccc2F)C2CC2)C(=O)N1Cc1ccccc1. The maximum Gasteiger partial charge on any atom is 0.247 e. The van der Waals surface area contributed by atoms with Crippen LogP contribution in [0.4, 0.5) is 4.39 Å². The Morgan fingerprint density at radius 3 is 2.38 bits per heavy atom. The monoisotopic (exact) mass is 352 g/mol. The summed E-state index contributed by atoms with van der Waals surface area (Å²) in [4.78, 5) is 28.8. The topological polar surface area (TPSA) is 40.6 Å². The van der Waals surface area contributed by atoms with E-state index in [9.17, 15) is 14.0 Å². The lowest BCUT2D eigenvalue weighted by atomic mass is 10.1. The van der Waals surface area contributed by atoms with Crippen molar-refractivity contribution in [3.63, 3.8) is 0 Å². The van der Waals surface area contributed by atoms with E-state index in [1.165, 1.54) is 11.0 Å². The van der Waals surface area contributed by atoms with Crippen molar-refractivity contribution in [1.82, 2.24) is 9.80 Å². The molecule has 2 aromatic carbocycles. The summed E-state index contributed by atoms with van der Waals surface area (Å²) in [5.74, 6) is -0.582. The van der Waals surface area contributed by atoms with Crippen molar-refractivity contribution in [1.29, 1.82) is 0 Å². The third-order valence-electron chi connectivity index (χ3n) is 5.13. The number of carbonyl (C=O) groups excluding carboxylic acids is 2. The van der Waals surface area contributed by atoms with Crippen LogP contribution in [-0.4, -0.2) is 33.7 Å². The summed E-state index contributed by atoms with van der Waals surface area (Å²) < 4.78 is 14.1. The van der Waals surface area contributed by atoms with Crippen LogP contribution in [0.1, 0.15) is 30.4 Å². The van der Waals surface area contributed by atoms with Gasteiger partial charge in [-0.25, -0.2) is 4.39 Å². The summed E-state index contributed by atoms with van der Waals surface area (Å²) in [6, 6.07) is 15.9. The first-order valence-electron chi connectivity index (χ1n) is 9.01. The molecule has 1 saturated heterocycles. The van der Waals surface area contributed by atoms with Gasteiger partial charge in [0.1, 0.15) is 5.82 Å². The predicted molar refractivity (Wildman–Crippen MR) is 95.4 cm³/mol. The van der Waals surface area contributed by atoms with Gasteiger partial charge in [-0.15, -0.1) is 0 Å². The van der Waals surface area contributed by atoms with E-state index in [2.05, 4.69) is 0 Å². The first-order valence-corrected chi connectivity index (χ1v) is 9.01. The average molecular weight is 352 g/mol. The third kappa shape index (κ3) is 3.40. The molecule has 4 rings (SSSR count). The first kappa shape index (κ1) is 16.9. The second-order valence-corrected chi connectivity index (χ2v) is 7.02. The van der Waals surface area contributed by atoms with Crippen LogP contribution < -0.4 is 0 Å². The van der Waals surface area contributed by atoms with E-state index in [0.717, 1.165) is 18.4 Å². The summed E-state index contributed by atoms with van der Waals surface area (Å²) in [6.07, 6.45) is 2.16. The fourth-order valence-corrected chi connectivity index (χ4v) is 3.58. The van der Waals surface area contributed by atoms with Crippen molar-refractivity contribution < 1.29 is 14.0 Å². The molecule has 2 aliphatic rings. The highest BCUT2D eigenvalue weighted by Gasteiger charge is 2.46. The highest BCUT2D eigenvalue weighted by molar-refractivity contribution is 6.05. The minimum absolute atomic E-state index is 0.150. The van der Waals surface area contributed by atoms with Gasteiger partial charge in [0.2, 0.25) is 11.8 Å². The molecule has 4 nitrogen and oxygen atoms in total. The Hall–Kier alpha value is -2.53. The molecule has 0 spiro atoms. The van der Waals surface area contributed by atoms with Gasteiger partial charge >= 0.3 is 0 Å². The Kier molecular flexibility index (Phi) is 4.55. The van der Waals surface area contributed by atoms with E-state index in [1.807, 2.05) is 35.2 Å². The Bertz CT molecular complexity index is 820. The van der Waals surface area contributed by atoms with Gasteiger partial charge in [-0.05, 0) is 24.5 Å². The van der Waals surface area contributed by atoms with E-state index in [1.54, 1.807) is 18.2 Å². The Morgan fingerprint density at radius 1 is 1.00 bits per heavy atom. The molecule has 2 fully saturated rings. The van der Waals surface area contributed by atoms with Crippen LogP contribution >= 0.6 is 0 Å². The lowest BCUT2D eigenvalue weighted by Gasteiger charge is -2.27. The maximum atomic E-state index is 14.1. The molecule has 0 bridgehead atoms. The number of hydrogen-bond donors (Lipinski definition) is 0. The number of halogens is 1. The number of nitrogens with zero attached hydrogens (tertiary/aromatic N) is 2. The normalized spacial score (nSPS) is 20.2. The Balaban J connectivity index is 1.53. The number of amides is 2. The molecule has 2 aromatic rings. The van der Waals surface area contributed by atoms with Crippen LogP contribution in [0.3, 0.4) is 0 Å². The maximum absolute atomic E-state index is 14.1. The van der Waals surface area contributed by atoms with Gasteiger partial charge < -0.3 is 0 Å². The summed E-state index contributed by atoms with van der Waals surface area (Å²) in [5.41, 5.74) is 1.50. The van der Waals surface area contributed by atoms with Gasteiger partial charge in [0.25, 0.3) is 0 Å². The summed E-state index contributed by atoms with van der Waals surface area (Å²) >= 11 is 0. The summed E-state index contributed by atoms with van der Waals surface area (Å²) in [5, 5.41) is 0. The average Bonchev–Trinajstić information content (AvgIpc) is 3.45. The molecule has 26 heavy (non-hydrogen) atoms. The molecule has 0 aromatic heterocycles. The first-order chi connectivity index (χ1) is 12.6. The molecule has 5 heteroatoms. The highest BCUT2D eigenvalue weighted by atomic mass is 19.1. The smallest absolute Gasteiger partial charge is 0.247 e. The standard InChI is InChI=1S/C21H21FN2O2/c22-18-9-5-4-8-16(18)14-23(17-10-11-17)19-12-20(25)24(21(19)26)13-15-6-2-1-3-7-15/h1-9,17,19H,10-14H2. The van der Waals surface area contributed by atoms with Crippen LogP contribution in [0.2, 0.25) is 0 Å². The van der Waals surface area contributed by atoms with E-state index in [4.69, 9.17) is 0 Å². The van der Waals surface area contributed by atoms with Gasteiger partial charge in [0, 0.05) is 18.2 Å². The van der Waals surface area contributed by atoms with Crippen molar-refractivity contribution in [2.24, 2.45) is 0 Å². The summed E-state index contributed by atoms with van der Waals surface area (Å²) in [6.45, 7) is 0.660. The molecule has 1 aliphatic carbocycles. The predicted octanol–water partition coefficient (Wildman–Crippen LogP) is 3.12. The number of benzene rings is 2. The van der Waals surface area contributed by atoms with Gasteiger partial charge in [0.05, 0.1) is 19.0 Å². The molecular formula is C21H21FN2O2. The molecule has 1 aliphatic heterocycles. The lowest BCUT2D eigenvalue weighted by molar-refractivity contribution is -0.140. The minimum atomic E-state index is -0.488.